The smallest absolute Gasteiger partial charge is 0.169 e. The van der Waals surface area contributed by atoms with E-state index in [0.29, 0.717) is 0 Å². The van der Waals surface area contributed by atoms with E-state index in [0.717, 1.165) is 12.1 Å². The van der Waals surface area contributed by atoms with Crippen molar-refractivity contribution in [2.75, 3.05) is 0 Å². The van der Waals surface area contributed by atoms with Gasteiger partial charge < -0.3 is 0 Å². The van der Waals surface area contributed by atoms with Gasteiger partial charge in [-0.1, -0.05) is 36.7 Å². The molecule has 1 nitrogen and oxygen atoms in total. The Kier molecular flexibility index (Phi) is 3.84. The second-order valence-corrected chi connectivity index (χ2v) is 5.82. The molecule has 0 atom stereocenters. The van der Waals surface area contributed by atoms with Gasteiger partial charge in [-0.15, -0.1) is 0 Å². The number of hydrogen-bond donors (Lipinski definition) is 0. The molecule has 0 aliphatic rings. The second-order valence-electron chi connectivity index (χ2n) is 4.91. The third-order valence-electron chi connectivity index (χ3n) is 1.98. The Morgan fingerprint density at radius 1 is 1.25 bits per heavy atom. The Labute approximate surface area is 102 Å². The monoisotopic (exact) mass is 290 g/mol. The first-order chi connectivity index (χ1) is 7.20. The van der Waals surface area contributed by atoms with E-state index in [1.165, 1.54) is 0 Å². The Morgan fingerprint density at radius 3 is 2.06 bits per heavy atom. The number of carbonyl (C=O) groups is 1. The summed E-state index contributed by atoms with van der Waals surface area (Å²) in [6.45, 7) is 5.54. The van der Waals surface area contributed by atoms with Crippen LogP contribution in [0.25, 0.3) is 0 Å². The molecule has 0 saturated carbocycles. The summed E-state index contributed by atoms with van der Waals surface area (Å²) in [6.07, 6.45) is 0.114. The molecule has 1 aromatic rings. The van der Waals surface area contributed by atoms with Crippen LogP contribution in [0.15, 0.2) is 16.6 Å². The molecule has 0 heterocycles. The van der Waals surface area contributed by atoms with E-state index in [1.807, 2.05) is 20.8 Å². The molecule has 0 saturated heterocycles. The lowest BCUT2D eigenvalue weighted by molar-refractivity contribution is 0.0931. The van der Waals surface area contributed by atoms with Gasteiger partial charge in [0, 0.05) is 10.9 Å². The van der Waals surface area contributed by atoms with Crippen LogP contribution in [0.3, 0.4) is 0 Å². The van der Waals surface area contributed by atoms with Gasteiger partial charge in [-0.25, -0.2) is 8.78 Å². The van der Waals surface area contributed by atoms with Crippen LogP contribution in [0.5, 0.6) is 0 Å². The number of Topliss-reactive ketones (excluding diaryl/α,β-unsaturated/α-hetero) is 1. The zero-order valence-corrected chi connectivity index (χ0v) is 11.0. The SMILES string of the molecule is CC(C)(C)CC(=O)c1c(F)cc(Br)cc1F. The average molecular weight is 291 g/mol. The predicted molar refractivity (Wildman–Crippen MR) is 62.5 cm³/mol. The standard InChI is InChI=1S/C12H13BrF2O/c1-12(2,3)6-10(16)11-8(14)4-7(13)5-9(11)15/h4-5H,6H2,1-3H3. The van der Waals surface area contributed by atoms with Gasteiger partial charge in [-0.3, -0.25) is 4.79 Å². The number of ketones is 1. The van der Waals surface area contributed by atoms with Crippen molar-refractivity contribution in [3.8, 4) is 0 Å². The number of halogens is 3. The van der Waals surface area contributed by atoms with E-state index in [-0.39, 0.29) is 16.3 Å². The summed E-state index contributed by atoms with van der Waals surface area (Å²) >= 11 is 2.97. The number of rotatable bonds is 2. The van der Waals surface area contributed by atoms with Gasteiger partial charge in [0.2, 0.25) is 0 Å². The van der Waals surface area contributed by atoms with Crippen molar-refractivity contribution in [1.82, 2.24) is 0 Å². The van der Waals surface area contributed by atoms with Crippen LogP contribution < -0.4 is 0 Å². The van der Waals surface area contributed by atoms with Crippen LogP contribution >= 0.6 is 15.9 Å². The molecule has 0 bridgehead atoms. The molecule has 1 rings (SSSR count). The predicted octanol–water partition coefficient (Wildman–Crippen LogP) is 4.35. The van der Waals surface area contributed by atoms with Crippen LogP contribution in [0, 0.1) is 17.0 Å². The van der Waals surface area contributed by atoms with Crippen molar-refractivity contribution >= 4 is 21.7 Å². The van der Waals surface area contributed by atoms with E-state index in [9.17, 15) is 13.6 Å². The molecule has 0 fully saturated rings. The lowest BCUT2D eigenvalue weighted by Crippen LogP contribution is -2.15. The van der Waals surface area contributed by atoms with Crippen LogP contribution in [0.2, 0.25) is 0 Å². The van der Waals surface area contributed by atoms with Crippen molar-refractivity contribution in [2.24, 2.45) is 5.41 Å². The van der Waals surface area contributed by atoms with E-state index in [1.54, 1.807) is 0 Å². The van der Waals surface area contributed by atoms with Crippen molar-refractivity contribution in [3.63, 3.8) is 0 Å². The fraction of sp³-hybridized carbons (Fsp3) is 0.417. The van der Waals surface area contributed by atoms with Crippen LogP contribution in [0.4, 0.5) is 8.78 Å². The van der Waals surface area contributed by atoms with Crippen LogP contribution in [-0.2, 0) is 0 Å². The lowest BCUT2D eigenvalue weighted by Gasteiger charge is -2.17. The van der Waals surface area contributed by atoms with Crippen molar-refractivity contribution < 1.29 is 13.6 Å². The van der Waals surface area contributed by atoms with Gasteiger partial charge in [0.25, 0.3) is 0 Å². The quantitative estimate of drug-likeness (QED) is 0.740. The highest BCUT2D eigenvalue weighted by Gasteiger charge is 2.23. The van der Waals surface area contributed by atoms with E-state index in [2.05, 4.69) is 15.9 Å². The van der Waals surface area contributed by atoms with Crippen molar-refractivity contribution in [2.45, 2.75) is 27.2 Å². The van der Waals surface area contributed by atoms with Gasteiger partial charge >= 0.3 is 0 Å². The highest BCUT2D eigenvalue weighted by atomic mass is 79.9. The van der Waals surface area contributed by atoms with Gasteiger partial charge in [0.1, 0.15) is 11.6 Å². The van der Waals surface area contributed by atoms with Gasteiger partial charge in [-0.05, 0) is 17.5 Å². The van der Waals surface area contributed by atoms with Crippen molar-refractivity contribution in [1.29, 1.82) is 0 Å². The Morgan fingerprint density at radius 2 is 1.69 bits per heavy atom. The van der Waals surface area contributed by atoms with Gasteiger partial charge in [0.05, 0.1) is 5.56 Å². The highest BCUT2D eigenvalue weighted by Crippen LogP contribution is 2.26. The zero-order chi connectivity index (χ0) is 12.5. The zero-order valence-electron chi connectivity index (χ0n) is 9.40. The van der Waals surface area contributed by atoms with Crippen LogP contribution in [-0.4, -0.2) is 5.78 Å². The molecule has 0 aliphatic heterocycles. The summed E-state index contributed by atoms with van der Waals surface area (Å²) in [5, 5.41) is 0. The van der Waals surface area contributed by atoms with Gasteiger partial charge in [-0.2, -0.15) is 0 Å². The minimum Gasteiger partial charge on any atom is -0.294 e. The first-order valence-corrected chi connectivity index (χ1v) is 5.68. The third-order valence-corrected chi connectivity index (χ3v) is 2.43. The first kappa shape index (κ1) is 13.3. The first-order valence-electron chi connectivity index (χ1n) is 4.88. The molecule has 0 unspecified atom stereocenters. The van der Waals surface area contributed by atoms with Crippen LogP contribution in [0.1, 0.15) is 37.6 Å². The third kappa shape index (κ3) is 3.37. The molecule has 4 heteroatoms. The van der Waals surface area contributed by atoms with E-state index < -0.39 is 23.0 Å². The number of benzene rings is 1. The fourth-order valence-electron chi connectivity index (χ4n) is 1.38. The molecule has 0 radical (unpaired) electrons. The summed E-state index contributed by atoms with van der Waals surface area (Å²) in [4.78, 5) is 11.7. The molecular formula is C12H13BrF2O. The maximum atomic E-state index is 13.4. The molecule has 0 aliphatic carbocycles. The molecule has 88 valence electrons. The van der Waals surface area contributed by atoms with Crippen molar-refractivity contribution in [3.05, 3.63) is 33.8 Å². The Balaban J connectivity index is 3.10. The number of carbonyl (C=O) groups excluding carboxylic acids is 1. The molecular weight excluding hydrogens is 278 g/mol. The molecule has 0 amide bonds. The summed E-state index contributed by atoms with van der Waals surface area (Å²) in [5.41, 5.74) is -0.735. The minimum atomic E-state index is -0.818. The summed E-state index contributed by atoms with van der Waals surface area (Å²) in [5.74, 6) is -2.14. The maximum Gasteiger partial charge on any atom is 0.169 e. The van der Waals surface area contributed by atoms with E-state index >= 15 is 0 Å². The second kappa shape index (κ2) is 4.62. The Bertz CT molecular complexity index is 399. The molecule has 16 heavy (non-hydrogen) atoms. The molecule has 0 N–H and O–H groups in total. The molecule has 1 aromatic carbocycles. The van der Waals surface area contributed by atoms with Gasteiger partial charge in [0.15, 0.2) is 5.78 Å². The highest BCUT2D eigenvalue weighted by molar-refractivity contribution is 9.10. The Hall–Kier alpha value is -0.770. The normalized spacial score (nSPS) is 11.6. The topological polar surface area (TPSA) is 17.1 Å². The molecule has 0 aromatic heterocycles. The largest absolute Gasteiger partial charge is 0.294 e. The maximum absolute atomic E-state index is 13.4. The summed E-state index contributed by atoms with van der Waals surface area (Å²) in [6, 6.07) is 2.19. The number of hydrogen-bond acceptors (Lipinski definition) is 1. The minimum absolute atomic E-state index is 0.114. The summed E-state index contributed by atoms with van der Waals surface area (Å²) in [7, 11) is 0. The lowest BCUT2D eigenvalue weighted by atomic mass is 9.87. The fourth-order valence-corrected chi connectivity index (χ4v) is 1.78. The molecule has 0 spiro atoms. The summed E-state index contributed by atoms with van der Waals surface area (Å²) < 4.78 is 27.2. The average Bonchev–Trinajstić information content (AvgIpc) is 1.96. The van der Waals surface area contributed by atoms with E-state index in [4.69, 9.17) is 0 Å².